The molecule has 1 unspecified atom stereocenters. The van der Waals surface area contributed by atoms with Crippen LogP contribution in [-0.4, -0.2) is 36.4 Å². The van der Waals surface area contributed by atoms with Crippen LogP contribution in [0, 0.1) is 0 Å². The second-order valence-corrected chi connectivity index (χ2v) is 8.77. The van der Waals surface area contributed by atoms with Crippen molar-refractivity contribution in [1.82, 2.24) is 0 Å². The molecular weight excluding hydrogens is 404 g/mol. The van der Waals surface area contributed by atoms with Crippen LogP contribution in [0.25, 0.3) is 0 Å². The average molecular weight is 455 g/mol. The summed E-state index contributed by atoms with van der Waals surface area (Å²) >= 11 is 0. The molecule has 188 valence electrons. The zero-order valence-electron chi connectivity index (χ0n) is 21.0. The molecule has 0 rings (SSSR count). The molecule has 0 bridgehead atoms. The van der Waals surface area contributed by atoms with Gasteiger partial charge in [-0.3, -0.25) is 9.59 Å². The Morgan fingerprint density at radius 2 is 1.16 bits per heavy atom. The lowest BCUT2D eigenvalue weighted by molar-refractivity contribution is -0.161. The molecule has 0 heterocycles. The first-order chi connectivity index (χ1) is 15.6. The number of hydrogen-bond donors (Lipinski definition) is 1. The molecule has 5 nitrogen and oxygen atoms in total. The van der Waals surface area contributed by atoms with Crippen molar-refractivity contribution < 1.29 is 24.2 Å². The zero-order valence-corrected chi connectivity index (χ0v) is 21.0. The van der Waals surface area contributed by atoms with Crippen molar-refractivity contribution >= 4 is 11.9 Å². The van der Waals surface area contributed by atoms with Gasteiger partial charge in [-0.1, -0.05) is 90.2 Å². The quantitative estimate of drug-likeness (QED) is 0.102. The van der Waals surface area contributed by atoms with E-state index in [1.54, 1.807) is 0 Å². The van der Waals surface area contributed by atoms with Crippen LogP contribution < -0.4 is 0 Å². The minimum absolute atomic E-state index is 0.0699. The van der Waals surface area contributed by atoms with E-state index in [-0.39, 0.29) is 25.2 Å². The first-order valence-electron chi connectivity index (χ1n) is 13.2. The van der Waals surface area contributed by atoms with Gasteiger partial charge in [0.15, 0.2) is 6.10 Å². The minimum atomic E-state index is -0.763. The summed E-state index contributed by atoms with van der Waals surface area (Å²) in [4.78, 5) is 23.5. The molecule has 0 amide bonds. The highest BCUT2D eigenvalue weighted by Crippen LogP contribution is 2.11. The van der Waals surface area contributed by atoms with E-state index in [0.717, 1.165) is 44.9 Å². The van der Waals surface area contributed by atoms with Gasteiger partial charge in [-0.25, -0.2) is 0 Å². The predicted molar refractivity (Wildman–Crippen MR) is 132 cm³/mol. The third kappa shape index (κ3) is 21.9. The van der Waals surface area contributed by atoms with Crippen LogP contribution in [0.5, 0.6) is 0 Å². The molecule has 5 heteroatoms. The van der Waals surface area contributed by atoms with Gasteiger partial charge in [-0.15, -0.1) is 0 Å². The van der Waals surface area contributed by atoms with Crippen LogP contribution in [0.2, 0.25) is 0 Å². The number of esters is 2. The summed E-state index contributed by atoms with van der Waals surface area (Å²) in [5.41, 5.74) is 0. The molecular formula is C27H50O5. The Kier molecular flexibility index (Phi) is 23.3. The standard InChI is InChI=1S/C27H50O5/c1-3-5-7-8-9-10-11-12-13-14-15-16-17-18-20-22-27(30)32-25(23-28)24-31-26(29)21-19-6-4-2/h12-13,25,28H,3-11,14-24H2,1-2H3/b13-12-. The van der Waals surface area contributed by atoms with Crippen LogP contribution in [0.3, 0.4) is 0 Å². The van der Waals surface area contributed by atoms with E-state index in [9.17, 15) is 14.7 Å². The van der Waals surface area contributed by atoms with Gasteiger partial charge >= 0.3 is 11.9 Å². The first-order valence-corrected chi connectivity index (χ1v) is 13.2. The fraction of sp³-hybridized carbons (Fsp3) is 0.852. The maximum atomic E-state index is 11.9. The van der Waals surface area contributed by atoms with Crippen LogP contribution in [0.4, 0.5) is 0 Å². The number of unbranched alkanes of at least 4 members (excludes halogenated alkanes) is 13. The molecule has 0 aliphatic rings. The van der Waals surface area contributed by atoms with Crippen molar-refractivity contribution in [2.24, 2.45) is 0 Å². The van der Waals surface area contributed by atoms with E-state index >= 15 is 0 Å². The van der Waals surface area contributed by atoms with Crippen LogP contribution >= 0.6 is 0 Å². The van der Waals surface area contributed by atoms with Crippen molar-refractivity contribution in [2.45, 2.75) is 136 Å². The Labute approximate surface area is 197 Å². The molecule has 0 saturated carbocycles. The third-order valence-corrected chi connectivity index (χ3v) is 5.56. The Bertz CT molecular complexity index is 461. The number of aliphatic hydroxyl groups is 1. The lowest BCUT2D eigenvalue weighted by atomic mass is 10.1. The van der Waals surface area contributed by atoms with Crippen molar-refractivity contribution in [3.8, 4) is 0 Å². The van der Waals surface area contributed by atoms with Gasteiger partial charge in [-0.05, 0) is 38.5 Å². The first kappa shape index (κ1) is 30.6. The molecule has 0 saturated heterocycles. The third-order valence-electron chi connectivity index (χ3n) is 5.56. The van der Waals surface area contributed by atoms with Crippen LogP contribution in [-0.2, 0) is 19.1 Å². The van der Waals surface area contributed by atoms with Crippen molar-refractivity contribution in [3.05, 3.63) is 12.2 Å². The van der Waals surface area contributed by atoms with Crippen molar-refractivity contribution in [1.29, 1.82) is 0 Å². The summed E-state index contributed by atoms with van der Waals surface area (Å²) in [5.74, 6) is -0.631. The Morgan fingerprint density at radius 1 is 0.688 bits per heavy atom. The van der Waals surface area contributed by atoms with E-state index < -0.39 is 6.10 Å². The molecule has 1 atom stereocenters. The molecule has 0 aliphatic carbocycles. The Hall–Kier alpha value is -1.36. The summed E-state index contributed by atoms with van der Waals surface area (Å²) < 4.78 is 10.3. The van der Waals surface area contributed by atoms with E-state index in [4.69, 9.17) is 9.47 Å². The van der Waals surface area contributed by atoms with Gasteiger partial charge in [0.2, 0.25) is 0 Å². The topological polar surface area (TPSA) is 72.8 Å². The summed E-state index contributed by atoms with van der Waals surface area (Å²) in [7, 11) is 0. The number of carbonyl (C=O) groups is 2. The number of carbonyl (C=O) groups excluding carboxylic acids is 2. The van der Waals surface area contributed by atoms with Crippen LogP contribution in [0.1, 0.15) is 129 Å². The van der Waals surface area contributed by atoms with Gasteiger partial charge in [0.05, 0.1) is 6.61 Å². The van der Waals surface area contributed by atoms with Gasteiger partial charge in [0.1, 0.15) is 6.61 Å². The average Bonchev–Trinajstić information content (AvgIpc) is 2.79. The Morgan fingerprint density at radius 3 is 1.75 bits per heavy atom. The van der Waals surface area contributed by atoms with Gasteiger partial charge in [-0.2, -0.15) is 0 Å². The molecule has 0 aliphatic heterocycles. The summed E-state index contributed by atoms with van der Waals surface area (Å²) in [6.45, 7) is 3.92. The smallest absolute Gasteiger partial charge is 0.306 e. The van der Waals surface area contributed by atoms with Gasteiger partial charge in [0.25, 0.3) is 0 Å². The van der Waals surface area contributed by atoms with Gasteiger partial charge < -0.3 is 14.6 Å². The molecule has 0 radical (unpaired) electrons. The summed E-state index contributed by atoms with van der Waals surface area (Å²) in [5, 5.41) is 9.33. The Balaban J connectivity index is 3.55. The molecule has 0 spiro atoms. The number of hydrogen-bond acceptors (Lipinski definition) is 5. The molecule has 0 fully saturated rings. The maximum Gasteiger partial charge on any atom is 0.306 e. The monoisotopic (exact) mass is 454 g/mol. The zero-order chi connectivity index (χ0) is 23.7. The van der Waals surface area contributed by atoms with Crippen LogP contribution in [0.15, 0.2) is 12.2 Å². The molecule has 1 N–H and O–H groups in total. The molecule has 0 aromatic rings. The van der Waals surface area contributed by atoms with E-state index in [1.807, 2.05) is 0 Å². The number of rotatable bonds is 23. The van der Waals surface area contributed by atoms with E-state index in [1.165, 1.54) is 57.8 Å². The van der Waals surface area contributed by atoms with E-state index in [2.05, 4.69) is 26.0 Å². The molecule has 0 aromatic carbocycles. The normalized spacial score (nSPS) is 12.2. The molecule has 0 aromatic heterocycles. The lowest BCUT2D eigenvalue weighted by Gasteiger charge is -2.15. The number of allylic oxidation sites excluding steroid dienone is 2. The lowest BCUT2D eigenvalue weighted by Crippen LogP contribution is -2.28. The fourth-order valence-electron chi connectivity index (χ4n) is 3.49. The summed E-state index contributed by atoms with van der Waals surface area (Å²) in [6, 6.07) is 0. The largest absolute Gasteiger partial charge is 0.462 e. The second kappa shape index (κ2) is 24.3. The van der Waals surface area contributed by atoms with Gasteiger partial charge in [0, 0.05) is 12.8 Å². The highest BCUT2D eigenvalue weighted by Gasteiger charge is 2.15. The second-order valence-electron chi connectivity index (χ2n) is 8.77. The van der Waals surface area contributed by atoms with Crippen molar-refractivity contribution in [2.75, 3.05) is 13.2 Å². The molecule has 32 heavy (non-hydrogen) atoms. The highest BCUT2D eigenvalue weighted by atomic mass is 16.6. The highest BCUT2D eigenvalue weighted by molar-refractivity contribution is 5.70. The van der Waals surface area contributed by atoms with E-state index in [0.29, 0.717) is 12.8 Å². The SMILES string of the molecule is CCCCCCCC/C=C\CCCCCCCC(=O)OC(CO)COC(=O)CCCCC. The summed E-state index contributed by atoms with van der Waals surface area (Å²) in [6.07, 6.45) is 23.2. The maximum absolute atomic E-state index is 11.9. The minimum Gasteiger partial charge on any atom is -0.462 e. The number of aliphatic hydroxyl groups excluding tert-OH is 1. The fourth-order valence-corrected chi connectivity index (χ4v) is 3.49. The predicted octanol–water partition coefficient (Wildman–Crippen LogP) is 7.05. The number of ether oxygens (including phenoxy) is 2. The van der Waals surface area contributed by atoms with Crippen molar-refractivity contribution in [3.63, 3.8) is 0 Å².